The summed E-state index contributed by atoms with van der Waals surface area (Å²) in [5, 5.41) is 4.87. The van der Waals surface area contributed by atoms with Gasteiger partial charge in [-0.15, -0.1) is 0 Å². The van der Waals surface area contributed by atoms with E-state index in [0.29, 0.717) is 37.4 Å². The Balaban J connectivity index is 1.37. The zero-order valence-corrected chi connectivity index (χ0v) is 19.9. The minimum absolute atomic E-state index is 0.00214. The Labute approximate surface area is 201 Å². The van der Waals surface area contributed by atoms with Crippen LogP contribution in [-0.2, 0) is 12.8 Å². The highest BCUT2D eigenvalue weighted by Crippen LogP contribution is 2.27. The number of benzene rings is 2. The zero-order valence-electron chi connectivity index (χ0n) is 19.9. The van der Waals surface area contributed by atoms with Crippen LogP contribution >= 0.6 is 0 Å². The van der Waals surface area contributed by atoms with E-state index in [0.717, 1.165) is 48.9 Å². The van der Waals surface area contributed by atoms with E-state index < -0.39 is 0 Å². The molecular weight excluding hydrogens is 424 g/mol. The first-order valence-electron chi connectivity index (χ1n) is 12.4. The Morgan fingerprint density at radius 1 is 0.765 bits per heavy atom. The van der Waals surface area contributed by atoms with E-state index in [1.54, 1.807) is 0 Å². The predicted octanol–water partition coefficient (Wildman–Crippen LogP) is 4.44. The molecule has 176 valence electrons. The van der Waals surface area contributed by atoms with Crippen LogP contribution in [0.25, 0.3) is 5.69 Å². The quantitative estimate of drug-likeness (QED) is 0.548. The van der Waals surface area contributed by atoms with Crippen molar-refractivity contribution in [2.45, 2.75) is 45.4 Å². The molecule has 0 spiro atoms. The number of aryl methyl sites for hydroxylation is 1. The molecule has 1 saturated heterocycles. The van der Waals surface area contributed by atoms with Gasteiger partial charge in [0.15, 0.2) is 5.69 Å². The maximum Gasteiger partial charge on any atom is 0.274 e. The van der Waals surface area contributed by atoms with Crippen molar-refractivity contribution < 1.29 is 9.59 Å². The van der Waals surface area contributed by atoms with Gasteiger partial charge in [0.1, 0.15) is 0 Å². The second kappa shape index (κ2) is 9.84. The Bertz CT molecular complexity index is 1180. The van der Waals surface area contributed by atoms with Crippen LogP contribution in [0.2, 0.25) is 0 Å². The lowest BCUT2D eigenvalue weighted by Crippen LogP contribution is -2.37. The van der Waals surface area contributed by atoms with E-state index in [4.69, 9.17) is 5.10 Å². The molecule has 0 radical (unpaired) electrons. The first-order chi connectivity index (χ1) is 16.6. The lowest BCUT2D eigenvalue weighted by molar-refractivity contribution is 0.0714. The third-order valence-electron chi connectivity index (χ3n) is 6.97. The van der Waals surface area contributed by atoms with Crippen molar-refractivity contribution in [3.8, 4) is 5.69 Å². The van der Waals surface area contributed by atoms with E-state index in [9.17, 15) is 9.59 Å². The molecular formula is C28H32N4O2. The van der Waals surface area contributed by atoms with Crippen LogP contribution in [0.3, 0.4) is 0 Å². The number of aromatic nitrogens is 2. The van der Waals surface area contributed by atoms with Gasteiger partial charge in [-0.3, -0.25) is 9.59 Å². The van der Waals surface area contributed by atoms with E-state index >= 15 is 0 Å². The fourth-order valence-corrected chi connectivity index (χ4v) is 5.16. The molecule has 3 aromatic rings. The molecule has 5 rings (SSSR count). The normalized spacial score (nSPS) is 16.5. The second-order valence-electron chi connectivity index (χ2n) is 9.39. The number of nitrogens with zero attached hydrogens (tertiary/aromatic N) is 4. The minimum atomic E-state index is -0.00214. The minimum Gasteiger partial charge on any atom is -0.337 e. The summed E-state index contributed by atoms with van der Waals surface area (Å²) in [6.07, 6.45) is 6.01. The SMILES string of the molecule is Cc1cccc(C(=O)N2CCCN(C(=O)c3nn(-c4ccccc4)c4c3CCCCC4)CC2)c1. The van der Waals surface area contributed by atoms with Gasteiger partial charge in [0, 0.05) is 43.0 Å². The number of carbonyl (C=O) groups is 2. The number of para-hydroxylation sites is 1. The van der Waals surface area contributed by atoms with Crippen LogP contribution in [0.4, 0.5) is 0 Å². The van der Waals surface area contributed by atoms with Crippen LogP contribution < -0.4 is 0 Å². The summed E-state index contributed by atoms with van der Waals surface area (Å²) in [5.41, 5.74) is 5.69. The fraction of sp³-hybridized carbons (Fsp3) is 0.393. The summed E-state index contributed by atoms with van der Waals surface area (Å²) in [6, 6.07) is 17.8. The molecule has 1 fully saturated rings. The molecule has 0 bridgehead atoms. The van der Waals surface area contributed by atoms with E-state index in [1.165, 1.54) is 12.1 Å². The number of hydrogen-bond donors (Lipinski definition) is 0. The summed E-state index contributed by atoms with van der Waals surface area (Å²) in [4.78, 5) is 30.5. The topological polar surface area (TPSA) is 58.4 Å². The van der Waals surface area contributed by atoms with E-state index in [1.807, 2.05) is 76.0 Å². The average Bonchev–Trinajstić information content (AvgIpc) is 3.04. The molecule has 0 saturated carbocycles. The third-order valence-corrected chi connectivity index (χ3v) is 6.97. The van der Waals surface area contributed by atoms with Crippen LogP contribution in [-0.4, -0.2) is 57.6 Å². The van der Waals surface area contributed by atoms with Gasteiger partial charge in [-0.2, -0.15) is 5.10 Å². The standard InChI is InChI=1S/C28H32N4O2/c1-21-10-8-11-22(20-21)27(33)30-16-9-17-31(19-18-30)28(34)26-24-14-6-3-7-15-25(24)32(29-26)23-12-4-2-5-13-23/h2,4-5,8,10-13,20H,3,6-7,9,14-19H2,1H3. The van der Waals surface area contributed by atoms with Crippen molar-refractivity contribution in [3.63, 3.8) is 0 Å². The van der Waals surface area contributed by atoms with Crippen LogP contribution in [0.1, 0.15) is 63.4 Å². The van der Waals surface area contributed by atoms with Crippen molar-refractivity contribution in [3.05, 3.63) is 82.7 Å². The predicted molar refractivity (Wildman–Crippen MR) is 132 cm³/mol. The highest BCUT2D eigenvalue weighted by molar-refractivity contribution is 5.95. The summed E-state index contributed by atoms with van der Waals surface area (Å²) in [6.45, 7) is 4.37. The zero-order chi connectivity index (χ0) is 23.5. The van der Waals surface area contributed by atoms with Crippen molar-refractivity contribution in [1.29, 1.82) is 0 Å². The Kier molecular flexibility index (Phi) is 6.48. The molecule has 34 heavy (non-hydrogen) atoms. The van der Waals surface area contributed by atoms with Crippen LogP contribution in [0.15, 0.2) is 54.6 Å². The van der Waals surface area contributed by atoms with Gasteiger partial charge >= 0.3 is 0 Å². The van der Waals surface area contributed by atoms with Crippen LogP contribution in [0, 0.1) is 6.92 Å². The highest BCUT2D eigenvalue weighted by Gasteiger charge is 2.29. The molecule has 6 heteroatoms. The average molecular weight is 457 g/mol. The van der Waals surface area contributed by atoms with E-state index in [2.05, 4.69) is 0 Å². The Morgan fingerprint density at radius 2 is 1.50 bits per heavy atom. The lowest BCUT2D eigenvalue weighted by atomic mass is 10.1. The number of amides is 2. The fourth-order valence-electron chi connectivity index (χ4n) is 5.16. The number of hydrogen-bond acceptors (Lipinski definition) is 3. The smallest absolute Gasteiger partial charge is 0.274 e. The first kappa shape index (κ1) is 22.4. The molecule has 2 amide bonds. The molecule has 1 aliphatic heterocycles. The molecule has 6 nitrogen and oxygen atoms in total. The first-order valence-corrected chi connectivity index (χ1v) is 12.4. The van der Waals surface area contributed by atoms with Crippen molar-refractivity contribution >= 4 is 11.8 Å². The van der Waals surface area contributed by atoms with Gasteiger partial charge in [0.25, 0.3) is 11.8 Å². The van der Waals surface area contributed by atoms with E-state index in [-0.39, 0.29) is 11.8 Å². The Morgan fingerprint density at radius 3 is 2.26 bits per heavy atom. The molecule has 0 atom stereocenters. The molecule has 1 aromatic heterocycles. The molecule has 1 aliphatic carbocycles. The Hall–Kier alpha value is -3.41. The van der Waals surface area contributed by atoms with Gasteiger partial charge in [0.05, 0.1) is 5.69 Å². The molecule has 0 unspecified atom stereocenters. The monoisotopic (exact) mass is 456 g/mol. The molecule has 2 aliphatic rings. The van der Waals surface area contributed by atoms with Gasteiger partial charge in [-0.1, -0.05) is 42.3 Å². The number of rotatable bonds is 3. The summed E-state index contributed by atoms with van der Waals surface area (Å²) in [7, 11) is 0. The van der Waals surface area contributed by atoms with Crippen molar-refractivity contribution in [2.75, 3.05) is 26.2 Å². The largest absolute Gasteiger partial charge is 0.337 e. The maximum atomic E-state index is 13.7. The third kappa shape index (κ3) is 4.49. The van der Waals surface area contributed by atoms with Gasteiger partial charge in [-0.25, -0.2) is 4.68 Å². The highest BCUT2D eigenvalue weighted by atomic mass is 16.2. The maximum absolute atomic E-state index is 13.7. The van der Waals surface area contributed by atoms with Gasteiger partial charge in [-0.05, 0) is 63.3 Å². The summed E-state index contributed by atoms with van der Waals surface area (Å²) >= 11 is 0. The lowest BCUT2D eigenvalue weighted by Gasteiger charge is -2.22. The van der Waals surface area contributed by atoms with Gasteiger partial charge in [0.2, 0.25) is 0 Å². The molecule has 2 heterocycles. The summed E-state index contributed by atoms with van der Waals surface area (Å²) < 4.78 is 1.99. The molecule has 0 N–H and O–H groups in total. The van der Waals surface area contributed by atoms with Crippen molar-refractivity contribution in [2.24, 2.45) is 0 Å². The number of fused-ring (bicyclic) bond motifs is 1. The summed E-state index contributed by atoms with van der Waals surface area (Å²) in [5.74, 6) is 0.0397. The number of carbonyl (C=O) groups excluding carboxylic acids is 2. The molecule has 2 aromatic carbocycles. The second-order valence-corrected chi connectivity index (χ2v) is 9.39. The van der Waals surface area contributed by atoms with Crippen molar-refractivity contribution in [1.82, 2.24) is 19.6 Å². The van der Waals surface area contributed by atoms with Gasteiger partial charge < -0.3 is 9.80 Å². The van der Waals surface area contributed by atoms with Crippen LogP contribution in [0.5, 0.6) is 0 Å².